The van der Waals surface area contributed by atoms with E-state index in [4.69, 9.17) is 0 Å². The van der Waals surface area contributed by atoms with Crippen LogP contribution in [0.5, 0.6) is 0 Å². The molecule has 0 atom stereocenters. The van der Waals surface area contributed by atoms with Crippen LogP contribution in [0.4, 0.5) is 18.9 Å². The van der Waals surface area contributed by atoms with Crippen molar-refractivity contribution in [1.29, 1.82) is 0 Å². The Labute approximate surface area is 139 Å². The van der Waals surface area contributed by atoms with Gasteiger partial charge in [-0.05, 0) is 25.5 Å². The molecule has 1 saturated heterocycles. The van der Waals surface area contributed by atoms with E-state index in [9.17, 15) is 13.2 Å². The van der Waals surface area contributed by atoms with Crippen LogP contribution in [-0.4, -0.2) is 41.3 Å². The van der Waals surface area contributed by atoms with Crippen molar-refractivity contribution < 1.29 is 13.2 Å². The average Bonchev–Trinajstić information content (AvgIpc) is 2.87. The van der Waals surface area contributed by atoms with Crippen LogP contribution in [0.25, 0.3) is 0 Å². The van der Waals surface area contributed by atoms with Gasteiger partial charge in [-0.3, -0.25) is 10.00 Å². The van der Waals surface area contributed by atoms with Gasteiger partial charge in [0, 0.05) is 32.7 Å². The molecule has 2 aromatic rings. The smallest absolute Gasteiger partial charge is 0.366 e. The molecule has 1 aliphatic rings. The number of aromatic amines is 1. The average molecular weight is 338 g/mol. The minimum atomic E-state index is -4.29. The van der Waals surface area contributed by atoms with Crippen molar-refractivity contribution >= 4 is 5.69 Å². The third-order valence-electron chi connectivity index (χ3n) is 4.44. The van der Waals surface area contributed by atoms with E-state index in [0.717, 1.165) is 49.3 Å². The summed E-state index contributed by atoms with van der Waals surface area (Å²) in [6, 6.07) is 5.60. The number of nitrogens with one attached hydrogen (secondary N) is 1. The van der Waals surface area contributed by atoms with Gasteiger partial charge in [0.25, 0.3) is 0 Å². The SMILES string of the molecule is Cc1n[nH]c(C)c1N1CCN(Cc2cccc(C(F)(F)F)c2)CC1. The van der Waals surface area contributed by atoms with E-state index in [1.807, 2.05) is 13.8 Å². The number of hydrogen-bond acceptors (Lipinski definition) is 3. The first-order valence-electron chi connectivity index (χ1n) is 7.99. The van der Waals surface area contributed by atoms with E-state index in [0.29, 0.717) is 12.1 Å². The van der Waals surface area contributed by atoms with Crippen LogP contribution in [0.3, 0.4) is 0 Å². The summed E-state index contributed by atoms with van der Waals surface area (Å²) in [6.07, 6.45) is -4.29. The molecule has 2 heterocycles. The van der Waals surface area contributed by atoms with E-state index in [1.54, 1.807) is 6.07 Å². The summed E-state index contributed by atoms with van der Waals surface area (Å²) >= 11 is 0. The Morgan fingerprint density at radius 1 is 1.12 bits per heavy atom. The summed E-state index contributed by atoms with van der Waals surface area (Å²) in [7, 11) is 0. The fourth-order valence-electron chi connectivity index (χ4n) is 3.24. The number of alkyl halides is 3. The monoisotopic (exact) mass is 338 g/mol. The molecule has 0 aliphatic carbocycles. The molecule has 1 aromatic carbocycles. The first-order valence-corrected chi connectivity index (χ1v) is 7.99. The van der Waals surface area contributed by atoms with E-state index in [2.05, 4.69) is 20.0 Å². The largest absolute Gasteiger partial charge is 0.416 e. The number of halogens is 3. The highest BCUT2D eigenvalue weighted by Crippen LogP contribution is 2.30. The second-order valence-electron chi connectivity index (χ2n) is 6.24. The maximum atomic E-state index is 12.8. The predicted octanol–water partition coefficient (Wildman–Crippen LogP) is 3.37. The molecule has 0 saturated carbocycles. The summed E-state index contributed by atoms with van der Waals surface area (Å²) < 4.78 is 38.4. The molecule has 1 aliphatic heterocycles. The summed E-state index contributed by atoms with van der Waals surface area (Å²) in [6.45, 7) is 7.86. The van der Waals surface area contributed by atoms with Gasteiger partial charge in [-0.25, -0.2) is 0 Å². The standard InChI is InChI=1S/C17H21F3N4/c1-12-16(13(2)22-21-12)24-8-6-23(7-9-24)11-14-4-3-5-15(10-14)17(18,19)20/h3-5,10H,6-9,11H2,1-2H3,(H,21,22). The van der Waals surface area contributed by atoms with Gasteiger partial charge >= 0.3 is 6.18 Å². The number of benzene rings is 1. The fourth-order valence-corrected chi connectivity index (χ4v) is 3.24. The van der Waals surface area contributed by atoms with Crippen molar-refractivity contribution in [3.05, 3.63) is 46.8 Å². The minimum Gasteiger partial charge on any atom is -0.366 e. The lowest BCUT2D eigenvalue weighted by molar-refractivity contribution is -0.137. The Hall–Kier alpha value is -2.02. The number of H-pyrrole nitrogens is 1. The quantitative estimate of drug-likeness (QED) is 0.932. The van der Waals surface area contributed by atoms with Gasteiger partial charge in [-0.15, -0.1) is 0 Å². The lowest BCUT2D eigenvalue weighted by atomic mass is 10.1. The summed E-state index contributed by atoms with van der Waals surface area (Å²) in [4.78, 5) is 4.48. The fraction of sp³-hybridized carbons (Fsp3) is 0.471. The van der Waals surface area contributed by atoms with Crippen molar-refractivity contribution in [2.24, 2.45) is 0 Å². The molecule has 0 bridgehead atoms. The van der Waals surface area contributed by atoms with Crippen LogP contribution in [0.1, 0.15) is 22.5 Å². The summed E-state index contributed by atoms with van der Waals surface area (Å²) in [5.41, 5.74) is 3.31. The van der Waals surface area contributed by atoms with Crippen LogP contribution in [-0.2, 0) is 12.7 Å². The first-order chi connectivity index (χ1) is 11.3. The second-order valence-corrected chi connectivity index (χ2v) is 6.24. The number of piperazine rings is 1. The minimum absolute atomic E-state index is 0.543. The van der Waals surface area contributed by atoms with Crippen molar-refractivity contribution in [2.45, 2.75) is 26.6 Å². The molecule has 3 rings (SSSR count). The van der Waals surface area contributed by atoms with E-state index in [1.165, 1.54) is 12.1 Å². The van der Waals surface area contributed by atoms with Crippen molar-refractivity contribution in [1.82, 2.24) is 15.1 Å². The van der Waals surface area contributed by atoms with Crippen LogP contribution in [0.15, 0.2) is 24.3 Å². The third-order valence-corrected chi connectivity index (χ3v) is 4.44. The zero-order valence-electron chi connectivity index (χ0n) is 13.8. The predicted molar refractivity (Wildman–Crippen MR) is 87.0 cm³/mol. The molecule has 1 N–H and O–H groups in total. The van der Waals surface area contributed by atoms with E-state index < -0.39 is 11.7 Å². The van der Waals surface area contributed by atoms with Gasteiger partial charge in [-0.2, -0.15) is 18.3 Å². The molecule has 7 heteroatoms. The molecule has 0 unspecified atom stereocenters. The van der Waals surface area contributed by atoms with Crippen molar-refractivity contribution in [3.63, 3.8) is 0 Å². The molecule has 130 valence electrons. The molecule has 1 fully saturated rings. The molecule has 0 radical (unpaired) electrons. The van der Waals surface area contributed by atoms with E-state index >= 15 is 0 Å². The molecule has 0 amide bonds. The summed E-state index contributed by atoms with van der Waals surface area (Å²) in [5.74, 6) is 0. The number of aryl methyl sites for hydroxylation is 2. The topological polar surface area (TPSA) is 35.2 Å². The Morgan fingerprint density at radius 3 is 2.42 bits per heavy atom. The van der Waals surface area contributed by atoms with Gasteiger partial charge in [0.15, 0.2) is 0 Å². The molecule has 1 aromatic heterocycles. The number of anilines is 1. The Balaban J connectivity index is 1.62. The second kappa shape index (κ2) is 6.47. The normalized spacial score (nSPS) is 16.6. The molecular weight excluding hydrogens is 317 g/mol. The van der Waals surface area contributed by atoms with Crippen LogP contribution < -0.4 is 4.90 Å². The first kappa shape index (κ1) is 16.8. The number of nitrogens with zero attached hydrogens (tertiary/aromatic N) is 3. The highest BCUT2D eigenvalue weighted by molar-refractivity contribution is 5.54. The Kier molecular flexibility index (Phi) is 4.54. The molecular formula is C17H21F3N4. The maximum Gasteiger partial charge on any atom is 0.416 e. The highest BCUT2D eigenvalue weighted by atomic mass is 19.4. The lowest BCUT2D eigenvalue weighted by Gasteiger charge is -2.36. The third kappa shape index (κ3) is 3.56. The Bertz CT molecular complexity index is 681. The van der Waals surface area contributed by atoms with Crippen LogP contribution in [0.2, 0.25) is 0 Å². The van der Waals surface area contributed by atoms with E-state index in [-0.39, 0.29) is 0 Å². The maximum absolute atomic E-state index is 12.8. The lowest BCUT2D eigenvalue weighted by Crippen LogP contribution is -2.46. The molecule has 24 heavy (non-hydrogen) atoms. The van der Waals surface area contributed by atoms with Gasteiger partial charge in [0.1, 0.15) is 0 Å². The van der Waals surface area contributed by atoms with Gasteiger partial charge in [0.2, 0.25) is 0 Å². The van der Waals surface area contributed by atoms with Crippen molar-refractivity contribution in [3.8, 4) is 0 Å². The van der Waals surface area contributed by atoms with Gasteiger partial charge in [-0.1, -0.05) is 18.2 Å². The highest BCUT2D eigenvalue weighted by Gasteiger charge is 2.30. The van der Waals surface area contributed by atoms with Crippen LogP contribution >= 0.6 is 0 Å². The number of rotatable bonds is 3. The number of aromatic nitrogens is 2. The zero-order valence-corrected chi connectivity index (χ0v) is 13.8. The number of hydrogen-bond donors (Lipinski definition) is 1. The zero-order chi connectivity index (χ0) is 17.3. The van der Waals surface area contributed by atoms with Crippen LogP contribution in [0, 0.1) is 13.8 Å². The van der Waals surface area contributed by atoms with Gasteiger partial charge in [0.05, 0.1) is 22.6 Å². The van der Waals surface area contributed by atoms with Gasteiger partial charge < -0.3 is 4.90 Å². The molecule has 0 spiro atoms. The van der Waals surface area contributed by atoms with Crippen molar-refractivity contribution in [2.75, 3.05) is 31.1 Å². The molecule has 4 nitrogen and oxygen atoms in total. The Morgan fingerprint density at radius 2 is 1.83 bits per heavy atom. The summed E-state index contributed by atoms with van der Waals surface area (Å²) in [5, 5.41) is 7.22.